The number of anilines is 1. The van der Waals surface area contributed by atoms with Gasteiger partial charge in [-0.25, -0.2) is 4.79 Å². The molecule has 0 spiro atoms. The summed E-state index contributed by atoms with van der Waals surface area (Å²) in [4.78, 5) is 22.3. The first kappa shape index (κ1) is 14.1. The molecular formula is C12H16N2O4. The lowest BCUT2D eigenvalue weighted by Gasteiger charge is -2.16. The van der Waals surface area contributed by atoms with E-state index < -0.39 is 11.7 Å². The quantitative estimate of drug-likeness (QED) is 0.534. The van der Waals surface area contributed by atoms with Crippen LogP contribution in [0.25, 0.3) is 0 Å². The van der Waals surface area contributed by atoms with Gasteiger partial charge in [0.05, 0.1) is 5.56 Å². The Labute approximate surface area is 105 Å². The summed E-state index contributed by atoms with van der Waals surface area (Å²) >= 11 is 0. The highest BCUT2D eigenvalue weighted by molar-refractivity contribution is 5.92. The Morgan fingerprint density at radius 2 is 1.94 bits per heavy atom. The van der Waals surface area contributed by atoms with E-state index in [1.54, 1.807) is 12.1 Å². The van der Waals surface area contributed by atoms with Crippen LogP contribution in [0.1, 0.15) is 24.2 Å². The third-order valence-corrected chi connectivity index (χ3v) is 1.94. The molecule has 0 saturated carbocycles. The number of amides is 1. The van der Waals surface area contributed by atoms with Crippen molar-refractivity contribution in [2.75, 3.05) is 11.9 Å². The summed E-state index contributed by atoms with van der Waals surface area (Å²) in [5, 5.41) is 11.8. The van der Waals surface area contributed by atoms with E-state index in [0.29, 0.717) is 11.3 Å². The smallest absolute Gasteiger partial charge is 0.338 e. The Hall–Kier alpha value is -1.92. The first-order valence-corrected chi connectivity index (χ1v) is 5.34. The fourth-order valence-electron chi connectivity index (χ4n) is 1.19. The Morgan fingerprint density at radius 3 is 2.39 bits per heavy atom. The molecule has 1 unspecified atom stereocenters. The molecule has 0 aliphatic rings. The number of benzene rings is 1. The van der Waals surface area contributed by atoms with Gasteiger partial charge in [0.25, 0.3) is 0 Å². The molecule has 0 aliphatic heterocycles. The number of esters is 1. The number of nitrogens with one attached hydrogen (secondary N) is 1. The van der Waals surface area contributed by atoms with Gasteiger partial charge < -0.3 is 20.9 Å². The summed E-state index contributed by atoms with van der Waals surface area (Å²) in [6, 6.07) is 6.19. The predicted octanol–water partition coefficient (Wildman–Crippen LogP) is 0.469. The lowest BCUT2D eigenvalue weighted by Crippen LogP contribution is -2.41. The highest BCUT2D eigenvalue weighted by atomic mass is 16.5. The van der Waals surface area contributed by atoms with Crippen LogP contribution in [0.4, 0.5) is 5.69 Å². The second kappa shape index (κ2) is 5.61. The molecule has 98 valence electrons. The number of carbonyl (C=O) groups is 2. The average molecular weight is 252 g/mol. The first-order valence-electron chi connectivity index (χ1n) is 5.34. The van der Waals surface area contributed by atoms with Gasteiger partial charge in [-0.15, -0.1) is 0 Å². The Balaban J connectivity index is 2.62. The van der Waals surface area contributed by atoms with Crippen molar-refractivity contribution in [2.45, 2.75) is 19.6 Å². The largest absolute Gasteiger partial charge is 0.458 e. The minimum absolute atomic E-state index is 0.190. The summed E-state index contributed by atoms with van der Waals surface area (Å²) in [6.45, 7) is 2.44. The van der Waals surface area contributed by atoms with Gasteiger partial charge in [0.2, 0.25) is 5.91 Å². The average Bonchev–Trinajstić information content (AvgIpc) is 2.25. The molecule has 0 aliphatic carbocycles. The summed E-state index contributed by atoms with van der Waals surface area (Å²) in [7, 11) is 0. The fraction of sp³-hybridized carbons (Fsp3) is 0.333. The molecule has 0 saturated heterocycles. The maximum absolute atomic E-state index is 11.5. The van der Waals surface area contributed by atoms with E-state index in [9.17, 15) is 14.7 Å². The normalized spacial score (nSPS) is 13.6. The molecule has 0 heterocycles. The zero-order valence-electron chi connectivity index (χ0n) is 10.3. The maximum atomic E-state index is 11.5. The van der Waals surface area contributed by atoms with Gasteiger partial charge in [-0.2, -0.15) is 0 Å². The molecule has 0 fully saturated rings. The SMILES string of the molecule is CC(=O)Nc1ccc(C(=O)OCC(C)(N)O)cc1. The maximum Gasteiger partial charge on any atom is 0.338 e. The minimum Gasteiger partial charge on any atom is -0.458 e. The van der Waals surface area contributed by atoms with Crippen molar-refractivity contribution < 1.29 is 19.4 Å². The topological polar surface area (TPSA) is 102 Å². The minimum atomic E-state index is -1.55. The zero-order chi connectivity index (χ0) is 13.8. The zero-order valence-corrected chi connectivity index (χ0v) is 10.3. The van der Waals surface area contributed by atoms with Crippen molar-refractivity contribution >= 4 is 17.6 Å². The summed E-state index contributed by atoms with van der Waals surface area (Å²) in [5.74, 6) is -0.778. The van der Waals surface area contributed by atoms with E-state index in [2.05, 4.69) is 5.32 Å². The number of nitrogens with two attached hydrogens (primary N) is 1. The van der Waals surface area contributed by atoms with Gasteiger partial charge in [0.1, 0.15) is 12.3 Å². The molecule has 18 heavy (non-hydrogen) atoms. The van der Waals surface area contributed by atoms with Crippen molar-refractivity contribution in [3.8, 4) is 0 Å². The second-order valence-electron chi connectivity index (χ2n) is 4.19. The molecule has 6 nitrogen and oxygen atoms in total. The van der Waals surface area contributed by atoms with Crippen LogP contribution in [0.15, 0.2) is 24.3 Å². The van der Waals surface area contributed by atoms with Crippen LogP contribution in [0, 0.1) is 0 Å². The molecule has 1 atom stereocenters. The Bertz CT molecular complexity index is 434. The Kier molecular flexibility index (Phi) is 4.41. The number of hydrogen-bond donors (Lipinski definition) is 3. The van der Waals surface area contributed by atoms with Gasteiger partial charge in [0, 0.05) is 12.6 Å². The van der Waals surface area contributed by atoms with Crippen molar-refractivity contribution in [1.29, 1.82) is 0 Å². The van der Waals surface area contributed by atoms with Crippen LogP contribution in [0.5, 0.6) is 0 Å². The first-order chi connectivity index (χ1) is 8.28. The summed E-state index contributed by atoms with van der Waals surface area (Å²) < 4.78 is 4.81. The van der Waals surface area contributed by atoms with Crippen LogP contribution in [0.3, 0.4) is 0 Å². The van der Waals surface area contributed by atoms with Gasteiger partial charge in [-0.1, -0.05) is 0 Å². The van der Waals surface area contributed by atoms with Crippen molar-refractivity contribution in [3.63, 3.8) is 0 Å². The van der Waals surface area contributed by atoms with E-state index in [-0.39, 0.29) is 12.5 Å². The lowest BCUT2D eigenvalue weighted by atomic mass is 10.2. The van der Waals surface area contributed by atoms with E-state index in [1.165, 1.54) is 26.0 Å². The third kappa shape index (κ3) is 4.94. The molecule has 0 radical (unpaired) electrons. The van der Waals surface area contributed by atoms with Crippen LogP contribution in [0.2, 0.25) is 0 Å². The highest BCUT2D eigenvalue weighted by Gasteiger charge is 2.17. The van der Waals surface area contributed by atoms with Crippen LogP contribution in [-0.4, -0.2) is 29.3 Å². The molecule has 1 aromatic rings. The molecule has 0 aromatic heterocycles. The number of ether oxygens (including phenoxy) is 1. The highest BCUT2D eigenvalue weighted by Crippen LogP contribution is 2.11. The van der Waals surface area contributed by atoms with E-state index in [4.69, 9.17) is 10.5 Å². The molecular weight excluding hydrogens is 236 g/mol. The predicted molar refractivity (Wildman–Crippen MR) is 65.8 cm³/mol. The van der Waals surface area contributed by atoms with E-state index in [1.807, 2.05) is 0 Å². The summed E-state index contributed by atoms with van der Waals surface area (Å²) in [6.07, 6.45) is 0. The molecule has 6 heteroatoms. The van der Waals surface area contributed by atoms with Gasteiger partial charge in [-0.3, -0.25) is 4.79 Å². The fourth-order valence-corrected chi connectivity index (χ4v) is 1.19. The lowest BCUT2D eigenvalue weighted by molar-refractivity contribution is -0.114. The van der Waals surface area contributed by atoms with Crippen molar-refractivity contribution in [3.05, 3.63) is 29.8 Å². The second-order valence-corrected chi connectivity index (χ2v) is 4.19. The number of carbonyl (C=O) groups excluding carboxylic acids is 2. The van der Waals surface area contributed by atoms with Crippen LogP contribution < -0.4 is 11.1 Å². The van der Waals surface area contributed by atoms with Gasteiger partial charge in [0.15, 0.2) is 0 Å². The number of hydrogen-bond acceptors (Lipinski definition) is 5. The molecule has 1 rings (SSSR count). The third-order valence-electron chi connectivity index (χ3n) is 1.94. The van der Waals surface area contributed by atoms with Crippen molar-refractivity contribution in [2.24, 2.45) is 5.73 Å². The van der Waals surface area contributed by atoms with Crippen LogP contribution in [-0.2, 0) is 9.53 Å². The molecule has 0 bridgehead atoms. The molecule has 4 N–H and O–H groups in total. The monoisotopic (exact) mass is 252 g/mol. The standard InChI is InChI=1S/C12H16N2O4/c1-8(15)14-10-5-3-9(4-6-10)11(16)18-7-12(2,13)17/h3-6,17H,7,13H2,1-2H3,(H,14,15). The summed E-state index contributed by atoms with van der Waals surface area (Å²) in [5.41, 5.74) is 4.62. The van der Waals surface area contributed by atoms with Crippen molar-refractivity contribution in [1.82, 2.24) is 0 Å². The number of rotatable bonds is 4. The molecule has 1 aromatic carbocycles. The van der Waals surface area contributed by atoms with E-state index in [0.717, 1.165) is 0 Å². The van der Waals surface area contributed by atoms with E-state index >= 15 is 0 Å². The van der Waals surface area contributed by atoms with Gasteiger partial charge in [-0.05, 0) is 31.2 Å². The van der Waals surface area contributed by atoms with Gasteiger partial charge >= 0.3 is 5.97 Å². The Morgan fingerprint density at radius 1 is 1.39 bits per heavy atom. The molecule has 1 amide bonds. The van der Waals surface area contributed by atoms with Crippen LogP contribution >= 0.6 is 0 Å². The number of aliphatic hydroxyl groups is 1.